The van der Waals surface area contributed by atoms with Crippen molar-refractivity contribution in [2.75, 3.05) is 11.9 Å². The molecule has 20 heavy (non-hydrogen) atoms. The lowest BCUT2D eigenvalue weighted by atomic mass is 10.1. The van der Waals surface area contributed by atoms with Gasteiger partial charge in [-0.15, -0.1) is 0 Å². The fourth-order valence-corrected chi connectivity index (χ4v) is 2.56. The molecule has 0 spiro atoms. The highest BCUT2D eigenvalue weighted by Crippen LogP contribution is 2.16. The maximum absolute atomic E-state index is 4.44. The maximum atomic E-state index is 4.44. The highest BCUT2D eigenvalue weighted by atomic mass is 79.9. The summed E-state index contributed by atoms with van der Waals surface area (Å²) in [7, 11) is 0. The van der Waals surface area contributed by atoms with Crippen molar-refractivity contribution in [3.8, 4) is 0 Å². The smallest absolute Gasteiger partial charge is 0.180 e. The molecule has 0 saturated heterocycles. The molecule has 2 heterocycles. The molecular formula is C15H15BrN4. The molecular weight excluding hydrogens is 316 g/mol. The number of benzene rings is 1. The fourth-order valence-electron chi connectivity index (χ4n) is 2.16. The zero-order chi connectivity index (χ0) is 13.8. The molecule has 3 rings (SSSR count). The minimum atomic E-state index is 0.800. The van der Waals surface area contributed by atoms with E-state index in [1.165, 1.54) is 5.56 Å². The molecule has 0 fully saturated rings. The molecule has 102 valence electrons. The lowest BCUT2D eigenvalue weighted by molar-refractivity contribution is 0.857. The number of hydrogen-bond donors (Lipinski definition) is 1. The Morgan fingerprint density at radius 2 is 2.05 bits per heavy atom. The summed E-state index contributed by atoms with van der Waals surface area (Å²) in [6, 6.07) is 10.5. The minimum absolute atomic E-state index is 0.800. The van der Waals surface area contributed by atoms with Crippen molar-refractivity contribution in [3.63, 3.8) is 0 Å². The van der Waals surface area contributed by atoms with E-state index in [0.29, 0.717) is 0 Å². The van der Waals surface area contributed by atoms with Gasteiger partial charge in [0.15, 0.2) is 11.5 Å². The summed E-state index contributed by atoms with van der Waals surface area (Å²) in [4.78, 5) is 8.75. The molecule has 0 amide bonds. The van der Waals surface area contributed by atoms with E-state index in [-0.39, 0.29) is 0 Å². The van der Waals surface area contributed by atoms with Crippen LogP contribution in [0.1, 0.15) is 12.0 Å². The number of nitrogens with zero attached hydrogens (tertiary/aromatic N) is 3. The highest BCUT2D eigenvalue weighted by molar-refractivity contribution is 9.10. The Bertz CT molecular complexity index is 693. The molecule has 0 atom stereocenters. The molecule has 4 nitrogen and oxygen atoms in total. The minimum Gasteiger partial charge on any atom is -0.367 e. The molecule has 0 aliphatic heterocycles. The van der Waals surface area contributed by atoms with Crippen LogP contribution < -0.4 is 5.32 Å². The van der Waals surface area contributed by atoms with Gasteiger partial charge in [-0.3, -0.25) is 0 Å². The Morgan fingerprint density at radius 1 is 1.20 bits per heavy atom. The Kier molecular flexibility index (Phi) is 3.97. The van der Waals surface area contributed by atoms with Crippen LogP contribution in [0.15, 0.2) is 53.5 Å². The van der Waals surface area contributed by atoms with Crippen LogP contribution in [0.2, 0.25) is 0 Å². The first kappa shape index (κ1) is 13.1. The van der Waals surface area contributed by atoms with Gasteiger partial charge in [0.05, 0.1) is 0 Å². The van der Waals surface area contributed by atoms with E-state index >= 15 is 0 Å². The molecule has 2 aromatic heterocycles. The van der Waals surface area contributed by atoms with Gasteiger partial charge in [-0.25, -0.2) is 9.97 Å². The number of hydrogen-bond acceptors (Lipinski definition) is 3. The van der Waals surface area contributed by atoms with Crippen LogP contribution in [-0.2, 0) is 6.42 Å². The third-order valence-electron chi connectivity index (χ3n) is 3.12. The second kappa shape index (κ2) is 6.05. The van der Waals surface area contributed by atoms with Crippen molar-refractivity contribution >= 4 is 27.4 Å². The fraction of sp³-hybridized carbons (Fsp3) is 0.200. The third-order valence-corrected chi connectivity index (χ3v) is 3.50. The van der Waals surface area contributed by atoms with E-state index in [9.17, 15) is 0 Å². The maximum Gasteiger partial charge on any atom is 0.180 e. The molecule has 0 bridgehead atoms. The van der Waals surface area contributed by atoms with Crippen molar-refractivity contribution in [2.24, 2.45) is 0 Å². The number of imidazole rings is 1. The van der Waals surface area contributed by atoms with Gasteiger partial charge >= 0.3 is 0 Å². The number of halogens is 1. The van der Waals surface area contributed by atoms with Gasteiger partial charge in [0.1, 0.15) is 4.60 Å². The van der Waals surface area contributed by atoms with E-state index in [2.05, 4.69) is 55.5 Å². The van der Waals surface area contributed by atoms with Crippen molar-refractivity contribution in [1.29, 1.82) is 0 Å². The van der Waals surface area contributed by atoms with Crippen LogP contribution in [0.4, 0.5) is 5.82 Å². The van der Waals surface area contributed by atoms with E-state index in [4.69, 9.17) is 0 Å². The van der Waals surface area contributed by atoms with Gasteiger partial charge in [0.2, 0.25) is 0 Å². The Hall–Kier alpha value is -1.88. The summed E-state index contributed by atoms with van der Waals surface area (Å²) in [6.07, 6.45) is 7.71. The molecule has 5 heteroatoms. The first-order valence-electron chi connectivity index (χ1n) is 6.60. The molecule has 0 saturated carbocycles. The average molecular weight is 331 g/mol. The molecule has 0 aliphatic rings. The van der Waals surface area contributed by atoms with Crippen molar-refractivity contribution in [3.05, 3.63) is 59.1 Å². The Labute approximate surface area is 126 Å². The largest absolute Gasteiger partial charge is 0.367 e. The second-order valence-electron chi connectivity index (χ2n) is 4.59. The van der Waals surface area contributed by atoms with Crippen molar-refractivity contribution < 1.29 is 0 Å². The number of rotatable bonds is 5. The van der Waals surface area contributed by atoms with Crippen molar-refractivity contribution in [2.45, 2.75) is 12.8 Å². The zero-order valence-corrected chi connectivity index (χ0v) is 12.5. The van der Waals surface area contributed by atoms with Gasteiger partial charge < -0.3 is 9.72 Å². The average Bonchev–Trinajstić information content (AvgIpc) is 2.92. The van der Waals surface area contributed by atoms with Crippen LogP contribution in [0.3, 0.4) is 0 Å². The van der Waals surface area contributed by atoms with Crippen LogP contribution in [0.25, 0.3) is 5.65 Å². The number of nitrogens with one attached hydrogen (secondary N) is 1. The second-order valence-corrected chi connectivity index (χ2v) is 5.40. The standard InChI is InChI=1S/C15H15BrN4/c16-13-11-20-10-9-18-15(20)14(19-13)17-8-4-7-12-5-2-1-3-6-12/h1-3,5-6,9-11H,4,7-8H2,(H,17,19). The molecule has 1 aromatic carbocycles. The van der Waals surface area contributed by atoms with Gasteiger partial charge in [-0.2, -0.15) is 0 Å². The van der Waals surface area contributed by atoms with Crippen LogP contribution in [0, 0.1) is 0 Å². The Balaban J connectivity index is 1.61. The molecule has 1 N–H and O–H groups in total. The summed E-state index contributed by atoms with van der Waals surface area (Å²) in [5.74, 6) is 0.817. The predicted molar refractivity (Wildman–Crippen MR) is 83.9 cm³/mol. The summed E-state index contributed by atoms with van der Waals surface area (Å²) in [5, 5.41) is 3.36. The van der Waals surface area contributed by atoms with Gasteiger partial charge in [-0.05, 0) is 34.3 Å². The monoisotopic (exact) mass is 330 g/mol. The lowest BCUT2D eigenvalue weighted by Gasteiger charge is -2.07. The molecule has 0 aliphatic carbocycles. The van der Waals surface area contributed by atoms with Gasteiger partial charge in [0, 0.05) is 25.1 Å². The quantitative estimate of drug-likeness (QED) is 0.727. The van der Waals surface area contributed by atoms with Crippen LogP contribution in [0.5, 0.6) is 0 Å². The van der Waals surface area contributed by atoms with E-state index < -0.39 is 0 Å². The number of aromatic nitrogens is 3. The summed E-state index contributed by atoms with van der Waals surface area (Å²) in [5.41, 5.74) is 2.22. The summed E-state index contributed by atoms with van der Waals surface area (Å²) in [6.45, 7) is 0.876. The normalized spacial score (nSPS) is 10.8. The summed E-state index contributed by atoms with van der Waals surface area (Å²) >= 11 is 3.41. The van der Waals surface area contributed by atoms with E-state index in [1.54, 1.807) is 6.20 Å². The number of anilines is 1. The first-order valence-corrected chi connectivity index (χ1v) is 7.39. The molecule has 3 aromatic rings. The van der Waals surface area contributed by atoms with Gasteiger partial charge in [0.25, 0.3) is 0 Å². The van der Waals surface area contributed by atoms with E-state index in [1.807, 2.05) is 22.9 Å². The number of fused-ring (bicyclic) bond motifs is 1. The number of aryl methyl sites for hydroxylation is 1. The third kappa shape index (κ3) is 2.99. The Morgan fingerprint density at radius 3 is 2.90 bits per heavy atom. The zero-order valence-electron chi connectivity index (χ0n) is 11.0. The highest BCUT2D eigenvalue weighted by Gasteiger charge is 2.05. The summed E-state index contributed by atoms with van der Waals surface area (Å²) < 4.78 is 2.75. The SMILES string of the molecule is Brc1cn2ccnc2c(NCCCc2ccccc2)n1. The topological polar surface area (TPSA) is 42.2 Å². The van der Waals surface area contributed by atoms with Crippen LogP contribution >= 0.6 is 15.9 Å². The van der Waals surface area contributed by atoms with Gasteiger partial charge in [-0.1, -0.05) is 30.3 Å². The first-order chi connectivity index (χ1) is 9.83. The van der Waals surface area contributed by atoms with E-state index in [0.717, 1.165) is 35.5 Å². The molecule has 0 radical (unpaired) electrons. The lowest BCUT2D eigenvalue weighted by Crippen LogP contribution is -2.06. The molecule has 0 unspecified atom stereocenters. The van der Waals surface area contributed by atoms with Crippen LogP contribution in [-0.4, -0.2) is 20.9 Å². The predicted octanol–water partition coefficient (Wildman–Crippen LogP) is 3.54. The van der Waals surface area contributed by atoms with Crippen molar-refractivity contribution in [1.82, 2.24) is 14.4 Å².